The fourth-order valence-corrected chi connectivity index (χ4v) is 2.55. The van der Waals surface area contributed by atoms with Crippen LogP contribution in [0.4, 0.5) is 5.88 Å². The topological polar surface area (TPSA) is 105 Å². The molecule has 0 spiro atoms. The van der Waals surface area contributed by atoms with Gasteiger partial charge in [-0.15, -0.1) is 0 Å². The van der Waals surface area contributed by atoms with E-state index in [-0.39, 0.29) is 33.9 Å². The van der Waals surface area contributed by atoms with E-state index >= 15 is 0 Å². The quantitative estimate of drug-likeness (QED) is 0.740. The summed E-state index contributed by atoms with van der Waals surface area (Å²) in [6, 6.07) is 1.64. The van der Waals surface area contributed by atoms with E-state index in [2.05, 4.69) is 0 Å². The van der Waals surface area contributed by atoms with E-state index < -0.39 is 11.2 Å². The van der Waals surface area contributed by atoms with Crippen molar-refractivity contribution in [2.24, 2.45) is 0 Å². The molecule has 0 radical (unpaired) electrons. The number of carbonyl (C=O) groups excluding carboxylic acids is 1. The molecule has 0 unspecified atom stereocenters. The van der Waals surface area contributed by atoms with Crippen LogP contribution in [-0.4, -0.2) is 20.0 Å². The fourth-order valence-electron chi connectivity index (χ4n) is 2.55. The molecule has 0 aliphatic carbocycles. The van der Waals surface area contributed by atoms with E-state index in [0.717, 1.165) is 0 Å². The van der Waals surface area contributed by atoms with Gasteiger partial charge in [0.15, 0.2) is 16.9 Å². The molecule has 0 saturated heterocycles. The van der Waals surface area contributed by atoms with Crippen LogP contribution in [0.5, 0.6) is 11.5 Å². The summed E-state index contributed by atoms with van der Waals surface area (Å²) in [5.41, 5.74) is 5.37. The lowest BCUT2D eigenvalue weighted by Crippen LogP contribution is -2.17. The molecule has 0 fully saturated rings. The zero-order chi connectivity index (χ0) is 16.0. The highest BCUT2D eigenvalue weighted by Crippen LogP contribution is 2.42. The molecule has 0 saturated carbocycles. The van der Waals surface area contributed by atoms with Crippen LogP contribution < -0.4 is 20.6 Å². The molecule has 0 bridgehead atoms. The monoisotopic (exact) mass is 303 g/mol. The molecule has 114 valence electrons. The van der Waals surface area contributed by atoms with Crippen molar-refractivity contribution in [1.82, 2.24) is 0 Å². The summed E-state index contributed by atoms with van der Waals surface area (Å²) < 4.78 is 21.5. The molecule has 0 aliphatic heterocycles. The Morgan fingerprint density at radius 2 is 1.86 bits per heavy atom. The number of rotatable bonds is 3. The maximum absolute atomic E-state index is 12.7. The zero-order valence-corrected chi connectivity index (χ0v) is 12.2. The molecule has 1 aromatic carbocycles. The zero-order valence-electron chi connectivity index (χ0n) is 12.2. The Hall–Kier alpha value is -2.96. The van der Waals surface area contributed by atoms with Crippen molar-refractivity contribution < 1.29 is 23.1 Å². The third-order valence-corrected chi connectivity index (χ3v) is 3.45. The Balaban J connectivity index is 2.68. The summed E-state index contributed by atoms with van der Waals surface area (Å²) in [7, 11) is 2.83. The Bertz CT molecular complexity index is 966. The first-order chi connectivity index (χ1) is 10.5. The van der Waals surface area contributed by atoms with Gasteiger partial charge in [0.1, 0.15) is 16.7 Å². The average molecular weight is 303 g/mol. The standard InChI is InChI=1S/C15H13NO6/c1-6(17)8-10(18)9-11(19-2)7-4-5-21-12(7)14(20-3)13(9)22-15(8)16/h4-5H,16H2,1-3H3. The van der Waals surface area contributed by atoms with Gasteiger partial charge in [0, 0.05) is 0 Å². The van der Waals surface area contributed by atoms with Crippen molar-refractivity contribution in [2.75, 3.05) is 20.0 Å². The summed E-state index contributed by atoms with van der Waals surface area (Å²) in [5, 5.41) is 0.631. The van der Waals surface area contributed by atoms with Crippen molar-refractivity contribution in [3.05, 3.63) is 28.1 Å². The summed E-state index contributed by atoms with van der Waals surface area (Å²) in [5.74, 6) is -0.289. The van der Waals surface area contributed by atoms with Gasteiger partial charge in [0.05, 0.1) is 25.9 Å². The first-order valence-electron chi connectivity index (χ1n) is 6.39. The molecule has 7 heteroatoms. The van der Waals surface area contributed by atoms with Gasteiger partial charge in [-0.05, 0) is 13.0 Å². The van der Waals surface area contributed by atoms with E-state index in [9.17, 15) is 9.59 Å². The average Bonchev–Trinajstić information content (AvgIpc) is 2.93. The molecule has 3 aromatic rings. The summed E-state index contributed by atoms with van der Waals surface area (Å²) in [6.45, 7) is 1.24. The van der Waals surface area contributed by atoms with Crippen LogP contribution in [0.25, 0.3) is 21.9 Å². The van der Waals surface area contributed by atoms with E-state index in [1.54, 1.807) is 6.07 Å². The van der Waals surface area contributed by atoms with Crippen LogP contribution in [0.2, 0.25) is 0 Å². The maximum atomic E-state index is 12.7. The number of carbonyl (C=O) groups is 1. The minimum Gasteiger partial charge on any atom is -0.495 e. The molecule has 2 N–H and O–H groups in total. The number of hydrogen-bond donors (Lipinski definition) is 1. The number of hydrogen-bond acceptors (Lipinski definition) is 7. The normalized spacial score (nSPS) is 11.0. The summed E-state index contributed by atoms with van der Waals surface area (Å²) >= 11 is 0. The van der Waals surface area contributed by atoms with Gasteiger partial charge in [-0.2, -0.15) is 0 Å². The number of nitrogen functional groups attached to an aromatic ring is 1. The van der Waals surface area contributed by atoms with E-state index in [4.69, 9.17) is 24.0 Å². The van der Waals surface area contributed by atoms with Crippen LogP contribution >= 0.6 is 0 Å². The lowest BCUT2D eigenvalue weighted by molar-refractivity contribution is 0.101. The van der Waals surface area contributed by atoms with E-state index in [0.29, 0.717) is 11.0 Å². The second-order valence-corrected chi connectivity index (χ2v) is 4.66. The predicted molar refractivity (Wildman–Crippen MR) is 79.8 cm³/mol. The van der Waals surface area contributed by atoms with Crippen molar-refractivity contribution >= 4 is 33.6 Å². The molecular formula is C15H13NO6. The number of benzene rings is 1. The van der Waals surface area contributed by atoms with Gasteiger partial charge in [0.2, 0.25) is 17.1 Å². The molecule has 0 atom stereocenters. The first kappa shape index (κ1) is 14.0. The molecule has 7 nitrogen and oxygen atoms in total. The Morgan fingerprint density at radius 3 is 2.45 bits per heavy atom. The number of methoxy groups -OCH3 is 2. The highest BCUT2D eigenvalue weighted by molar-refractivity contribution is 6.09. The van der Waals surface area contributed by atoms with Gasteiger partial charge in [0.25, 0.3) is 0 Å². The predicted octanol–water partition coefficient (Wildman–Crippen LogP) is 2.34. The number of fused-ring (bicyclic) bond motifs is 2. The summed E-state index contributed by atoms with van der Waals surface area (Å²) in [4.78, 5) is 24.3. The first-order valence-corrected chi connectivity index (χ1v) is 6.39. The SMILES string of the molecule is COc1c2occc2c(OC)c2c(=O)c(C(C)=O)c(N)oc12. The molecule has 0 aliphatic rings. The second kappa shape index (κ2) is 4.80. The number of anilines is 1. The van der Waals surface area contributed by atoms with Crippen LogP contribution in [-0.2, 0) is 0 Å². The van der Waals surface area contributed by atoms with Crippen molar-refractivity contribution in [1.29, 1.82) is 0 Å². The second-order valence-electron chi connectivity index (χ2n) is 4.66. The van der Waals surface area contributed by atoms with E-state index in [1.165, 1.54) is 27.4 Å². The van der Waals surface area contributed by atoms with Gasteiger partial charge in [-0.3, -0.25) is 9.59 Å². The summed E-state index contributed by atoms with van der Waals surface area (Å²) in [6.07, 6.45) is 1.44. The smallest absolute Gasteiger partial charge is 0.209 e. The third-order valence-electron chi connectivity index (χ3n) is 3.45. The number of ether oxygens (including phenoxy) is 2. The number of Topliss-reactive ketones (excluding diaryl/α,β-unsaturated/α-hetero) is 1. The van der Waals surface area contributed by atoms with Crippen molar-refractivity contribution in [3.8, 4) is 11.5 Å². The van der Waals surface area contributed by atoms with Gasteiger partial charge < -0.3 is 24.0 Å². The molecule has 0 amide bonds. The Labute approximate surface area is 124 Å². The van der Waals surface area contributed by atoms with Gasteiger partial charge in [-0.1, -0.05) is 0 Å². The molecule has 22 heavy (non-hydrogen) atoms. The van der Waals surface area contributed by atoms with Crippen LogP contribution in [0.3, 0.4) is 0 Å². The third kappa shape index (κ3) is 1.68. The van der Waals surface area contributed by atoms with Crippen LogP contribution in [0.15, 0.2) is 26.0 Å². The maximum Gasteiger partial charge on any atom is 0.209 e. The Morgan fingerprint density at radius 1 is 1.18 bits per heavy atom. The van der Waals surface area contributed by atoms with Crippen LogP contribution in [0, 0.1) is 0 Å². The van der Waals surface area contributed by atoms with E-state index in [1.807, 2.05) is 0 Å². The highest BCUT2D eigenvalue weighted by atomic mass is 16.5. The van der Waals surface area contributed by atoms with Crippen molar-refractivity contribution in [2.45, 2.75) is 6.92 Å². The minimum atomic E-state index is -0.565. The highest BCUT2D eigenvalue weighted by Gasteiger charge is 2.26. The fraction of sp³-hybridized carbons (Fsp3) is 0.200. The number of ketones is 1. The molecule has 2 heterocycles. The number of nitrogens with two attached hydrogens (primary N) is 1. The largest absolute Gasteiger partial charge is 0.495 e. The Kier molecular flexibility index (Phi) is 3.05. The van der Waals surface area contributed by atoms with Gasteiger partial charge in [-0.25, -0.2) is 0 Å². The lowest BCUT2D eigenvalue weighted by atomic mass is 10.1. The molecular weight excluding hydrogens is 290 g/mol. The lowest BCUT2D eigenvalue weighted by Gasteiger charge is -2.11. The molecule has 2 aromatic heterocycles. The minimum absolute atomic E-state index is 0.0781. The van der Waals surface area contributed by atoms with Gasteiger partial charge >= 0.3 is 0 Å². The van der Waals surface area contributed by atoms with Crippen molar-refractivity contribution in [3.63, 3.8) is 0 Å². The molecule has 3 rings (SSSR count). The van der Waals surface area contributed by atoms with Crippen LogP contribution in [0.1, 0.15) is 17.3 Å². The number of furan rings is 1.